The molecule has 0 saturated heterocycles. The van der Waals surface area contributed by atoms with Crippen molar-refractivity contribution in [1.29, 1.82) is 0 Å². The van der Waals surface area contributed by atoms with E-state index >= 15 is 0 Å². The van der Waals surface area contributed by atoms with Gasteiger partial charge in [0.15, 0.2) is 0 Å². The van der Waals surface area contributed by atoms with E-state index in [1.54, 1.807) is 16.9 Å². The van der Waals surface area contributed by atoms with Gasteiger partial charge in [0.25, 0.3) is 0 Å². The van der Waals surface area contributed by atoms with Gasteiger partial charge in [0, 0.05) is 0 Å². The predicted molar refractivity (Wildman–Crippen MR) is 17.0 cm³/mol. The molecule has 0 aliphatic rings. The number of carbonyl (C=O) groups is 1. The Labute approximate surface area is 37.8 Å². The van der Waals surface area contributed by atoms with Gasteiger partial charge in [-0.1, -0.05) is 0 Å². The number of halogens is 1. The average molecular weight is 138 g/mol. The Morgan fingerprint density at radius 1 is 2.00 bits per heavy atom. The van der Waals surface area contributed by atoms with Crippen molar-refractivity contribution in [1.82, 2.24) is 0 Å². The van der Waals surface area contributed by atoms with Gasteiger partial charge in [-0.25, -0.2) is 0 Å². The third-order valence-corrected chi connectivity index (χ3v) is 0. The van der Waals surface area contributed by atoms with Crippen molar-refractivity contribution in [2.75, 3.05) is 0 Å². The summed E-state index contributed by atoms with van der Waals surface area (Å²) in [4.78, 5) is 9.18. The molecule has 0 aromatic rings. The van der Waals surface area contributed by atoms with Crippen molar-refractivity contribution in [2.45, 2.75) is 0 Å². The van der Waals surface area contributed by atoms with Crippen molar-refractivity contribution in [3.05, 3.63) is 0 Å². The molecule has 1 nitrogen and oxygen atoms in total. The topological polar surface area (TPSA) is 17.1 Å². The predicted octanol–water partition coefficient (Wildman–Crippen LogP) is 0.514. The first-order valence-electron chi connectivity index (χ1n) is 0.617. The molecule has 2 radical (unpaired) electrons. The quantitative estimate of drug-likeness (QED) is 0.352. The van der Waals surface area contributed by atoms with Crippen molar-refractivity contribution in [3.8, 4) is 0 Å². The van der Waals surface area contributed by atoms with Gasteiger partial charge in [-0.3, -0.25) is 0 Å². The van der Waals surface area contributed by atoms with E-state index in [0.29, 0.717) is 0 Å². The molecule has 0 spiro atoms. The summed E-state index contributed by atoms with van der Waals surface area (Å²) in [7, 11) is 0. The van der Waals surface area contributed by atoms with E-state index in [1.807, 2.05) is 0 Å². The van der Waals surface area contributed by atoms with Crippen LogP contribution in [0.25, 0.3) is 0 Å². The van der Waals surface area contributed by atoms with E-state index in [9.17, 15) is 4.79 Å². The summed E-state index contributed by atoms with van der Waals surface area (Å²) in [6.45, 7) is 0. The van der Waals surface area contributed by atoms with E-state index in [1.165, 1.54) is 0 Å². The standard InChI is InChI=1S/CAsClO/c2-1(3)4. The van der Waals surface area contributed by atoms with Crippen LogP contribution in [0.3, 0.4) is 0 Å². The summed E-state index contributed by atoms with van der Waals surface area (Å²) in [5.74, 6) is 0. The second-order valence-electron chi connectivity index (χ2n) is 0.253. The van der Waals surface area contributed by atoms with Crippen LogP contribution in [0.15, 0.2) is 0 Å². The molecule has 0 amide bonds. The molecule has 0 fully saturated rings. The summed E-state index contributed by atoms with van der Waals surface area (Å²) >= 11 is 6.27. The molecule has 0 aliphatic carbocycles. The van der Waals surface area contributed by atoms with Crippen LogP contribution in [-0.2, 0) is 0 Å². The van der Waals surface area contributed by atoms with Crippen LogP contribution in [0.5, 0.6) is 0 Å². The van der Waals surface area contributed by atoms with Crippen LogP contribution in [-0.4, -0.2) is 20.9 Å². The fraction of sp³-hybridized carbons (Fsp3) is 0. The van der Waals surface area contributed by atoms with Crippen LogP contribution < -0.4 is 0 Å². The first kappa shape index (κ1) is 4.52. The van der Waals surface area contributed by atoms with Gasteiger partial charge >= 0.3 is 37.3 Å². The monoisotopic (exact) mass is 138 g/mol. The Kier molecular flexibility index (Phi) is 2.04. The van der Waals surface area contributed by atoms with Gasteiger partial charge in [0.05, 0.1) is 0 Å². The molecule has 0 saturated carbocycles. The summed E-state index contributed by atoms with van der Waals surface area (Å²) in [5.41, 5.74) is 0. The van der Waals surface area contributed by atoms with Crippen LogP contribution in [0.4, 0.5) is 4.79 Å². The number of hydrogen-bond acceptors (Lipinski definition) is 1. The summed E-state index contributed by atoms with van der Waals surface area (Å²) in [6, 6.07) is 0. The fourth-order valence-electron chi connectivity index (χ4n) is 0. The maximum absolute atomic E-state index is 9.18. The van der Waals surface area contributed by atoms with Crippen molar-refractivity contribution >= 4 is 32.5 Å². The number of hydrogen-bond donors (Lipinski definition) is 0. The van der Waals surface area contributed by atoms with Gasteiger partial charge in [-0.05, 0) is 0 Å². The molecule has 0 atom stereocenters. The maximum atomic E-state index is 9.18. The average Bonchev–Trinajstić information content (AvgIpc) is 0.811. The van der Waals surface area contributed by atoms with E-state index < -0.39 is 4.03 Å². The molecule has 3 heteroatoms. The van der Waals surface area contributed by atoms with Crippen molar-refractivity contribution < 1.29 is 4.79 Å². The fourth-order valence-corrected chi connectivity index (χ4v) is 0. The minimum atomic E-state index is -0.424. The molecule has 0 rings (SSSR count). The van der Waals surface area contributed by atoms with Gasteiger partial charge in [0.1, 0.15) is 0 Å². The third kappa shape index (κ3) is 21.6. The van der Waals surface area contributed by atoms with Gasteiger partial charge < -0.3 is 0 Å². The molecule has 0 aliphatic heterocycles. The zero-order valence-electron chi connectivity index (χ0n) is 1.73. The molecule has 0 aromatic carbocycles. The minimum absolute atomic E-state index is 0.424. The zero-order chi connectivity index (χ0) is 3.58. The molecular formula is CAsClO. The molecule has 0 aromatic heterocycles. The molecule has 4 heavy (non-hydrogen) atoms. The molecule has 22 valence electrons. The van der Waals surface area contributed by atoms with Crippen LogP contribution in [0, 0.1) is 0 Å². The zero-order valence-corrected chi connectivity index (χ0v) is 4.37. The van der Waals surface area contributed by atoms with E-state index in [2.05, 4.69) is 11.6 Å². The second kappa shape index (κ2) is 1.80. The van der Waals surface area contributed by atoms with Crippen molar-refractivity contribution in [3.63, 3.8) is 0 Å². The Hall–Kier alpha value is 0.518. The number of carbonyl (C=O) groups excluding carboxylic acids is 1. The van der Waals surface area contributed by atoms with Crippen LogP contribution in [0.1, 0.15) is 0 Å². The first-order valence-corrected chi connectivity index (χ1v) is 1.93. The second-order valence-corrected chi connectivity index (χ2v) is 2.02. The van der Waals surface area contributed by atoms with E-state index in [-0.39, 0.29) is 0 Å². The van der Waals surface area contributed by atoms with Gasteiger partial charge in [0.2, 0.25) is 0 Å². The van der Waals surface area contributed by atoms with Gasteiger partial charge in [-0.2, -0.15) is 0 Å². The molecule has 0 heterocycles. The summed E-state index contributed by atoms with van der Waals surface area (Å²) in [5, 5.41) is 0. The Morgan fingerprint density at radius 3 is 2.00 bits per heavy atom. The molecule has 0 unspecified atom stereocenters. The van der Waals surface area contributed by atoms with Gasteiger partial charge in [-0.15, -0.1) is 0 Å². The summed E-state index contributed by atoms with van der Waals surface area (Å²) in [6.07, 6.45) is 0. The van der Waals surface area contributed by atoms with Crippen molar-refractivity contribution in [2.24, 2.45) is 0 Å². The summed E-state index contributed by atoms with van der Waals surface area (Å²) < 4.78 is -0.424. The Morgan fingerprint density at radius 2 is 2.00 bits per heavy atom. The molecule has 0 bridgehead atoms. The Bertz CT molecular complexity index is 31.0. The molecular weight excluding hydrogens is 138 g/mol. The third-order valence-electron chi connectivity index (χ3n) is 0. The first-order chi connectivity index (χ1) is 1.73. The SMILES string of the molecule is O=C(Cl)[As]. The number of rotatable bonds is 0. The molecule has 0 N–H and O–H groups in total. The normalized spacial score (nSPS) is 6.50. The van der Waals surface area contributed by atoms with E-state index in [0.717, 1.165) is 0 Å². The van der Waals surface area contributed by atoms with E-state index in [4.69, 9.17) is 0 Å². The van der Waals surface area contributed by atoms with Crippen LogP contribution >= 0.6 is 11.6 Å². The van der Waals surface area contributed by atoms with Crippen LogP contribution in [0.2, 0.25) is 0 Å². The Balaban J connectivity index is 2.80.